The molecule has 2 heterocycles. The van der Waals surface area contributed by atoms with Crippen LogP contribution in [0.5, 0.6) is 0 Å². The molecule has 0 saturated carbocycles. The Morgan fingerprint density at radius 2 is 2.06 bits per heavy atom. The molecule has 0 saturated heterocycles. The molecule has 0 aliphatic heterocycles. The van der Waals surface area contributed by atoms with Gasteiger partial charge in [-0.25, -0.2) is 9.78 Å². The van der Waals surface area contributed by atoms with Crippen LogP contribution in [0, 0.1) is 0 Å². The van der Waals surface area contributed by atoms with E-state index in [0.29, 0.717) is 16.8 Å². The van der Waals surface area contributed by atoms with Crippen LogP contribution in [0.2, 0.25) is 0 Å². The van der Waals surface area contributed by atoms with Gasteiger partial charge in [-0.15, -0.1) is 10.2 Å². The van der Waals surface area contributed by atoms with Crippen LogP contribution in [0.1, 0.15) is 16.2 Å². The summed E-state index contributed by atoms with van der Waals surface area (Å²) in [5.41, 5.74) is -1.07. The third-order valence-corrected chi connectivity index (χ3v) is 1.78. The van der Waals surface area contributed by atoms with Gasteiger partial charge >= 0.3 is 12.1 Å². The van der Waals surface area contributed by atoms with E-state index < -0.39 is 23.5 Å². The predicted molar refractivity (Wildman–Crippen MR) is 42.7 cm³/mol. The molecule has 84 valence electrons. The van der Waals surface area contributed by atoms with Crippen LogP contribution in [0.4, 0.5) is 13.2 Å². The highest BCUT2D eigenvalue weighted by atomic mass is 19.4. The summed E-state index contributed by atoms with van der Waals surface area (Å²) in [7, 11) is 0. The van der Waals surface area contributed by atoms with Crippen molar-refractivity contribution in [1.82, 2.24) is 19.6 Å². The number of alkyl halides is 3. The summed E-state index contributed by atoms with van der Waals surface area (Å²) in [6.07, 6.45) is -3.44. The van der Waals surface area contributed by atoms with E-state index in [1.165, 1.54) is 0 Å². The molecule has 0 radical (unpaired) electrons. The Balaban J connectivity index is 2.68. The van der Waals surface area contributed by atoms with E-state index >= 15 is 0 Å². The lowest BCUT2D eigenvalue weighted by Gasteiger charge is -2.05. The highest BCUT2D eigenvalue weighted by Crippen LogP contribution is 2.28. The number of carboxylic acids is 1. The molecule has 16 heavy (non-hydrogen) atoms. The highest BCUT2D eigenvalue weighted by molar-refractivity contribution is 5.84. The van der Waals surface area contributed by atoms with Gasteiger partial charge in [-0.05, 0) is 0 Å². The molecule has 9 heteroatoms. The Morgan fingerprint density at radius 1 is 1.38 bits per heavy atom. The Morgan fingerprint density at radius 3 is 2.62 bits per heavy atom. The minimum absolute atomic E-state index is 0.203. The summed E-state index contributed by atoms with van der Waals surface area (Å²) in [4.78, 5) is 14.0. The molecular formula is C7H3F3N4O2. The Hall–Kier alpha value is -2.19. The summed E-state index contributed by atoms with van der Waals surface area (Å²) in [6.45, 7) is 0. The molecule has 2 rings (SSSR count). The van der Waals surface area contributed by atoms with E-state index in [0.717, 1.165) is 0 Å². The molecule has 0 fully saturated rings. The van der Waals surface area contributed by atoms with E-state index in [4.69, 9.17) is 5.11 Å². The molecule has 0 bridgehead atoms. The molecular weight excluding hydrogens is 229 g/mol. The lowest BCUT2D eigenvalue weighted by Crippen LogP contribution is -2.10. The Bertz CT molecular complexity index is 562. The van der Waals surface area contributed by atoms with Crippen molar-refractivity contribution in [2.24, 2.45) is 0 Å². The highest BCUT2D eigenvalue weighted by Gasteiger charge is 2.32. The number of carboxylic acid groups (broad SMARTS) is 1. The number of halogens is 3. The van der Waals surface area contributed by atoms with E-state index in [1.54, 1.807) is 0 Å². The fourth-order valence-corrected chi connectivity index (χ4v) is 1.08. The molecule has 0 aliphatic carbocycles. The maximum absolute atomic E-state index is 12.3. The monoisotopic (exact) mass is 232 g/mol. The van der Waals surface area contributed by atoms with Gasteiger partial charge in [0.2, 0.25) is 5.82 Å². The molecule has 2 aromatic rings. The lowest BCUT2D eigenvalue weighted by molar-refractivity contribution is -0.138. The summed E-state index contributed by atoms with van der Waals surface area (Å²) >= 11 is 0. The van der Waals surface area contributed by atoms with Gasteiger partial charge in [-0.3, -0.25) is 4.40 Å². The molecule has 2 aromatic heterocycles. The number of rotatable bonds is 1. The van der Waals surface area contributed by atoms with Crippen molar-refractivity contribution in [2.75, 3.05) is 0 Å². The number of carbonyl (C=O) groups is 1. The average Bonchev–Trinajstić information content (AvgIpc) is 2.58. The van der Waals surface area contributed by atoms with Crippen LogP contribution >= 0.6 is 0 Å². The van der Waals surface area contributed by atoms with Gasteiger partial charge in [0.1, 0.15) is 0 Å². The smallest absolute Gasteiger partial charge is 0.419 e. The lowest BCUT2D eigenvalue weighted by atomic mass is 10.3. The van der Waals surface area contributed by atoms with Crippen molar-refractivity contribution >= 4 is 11.7 Å². The SMILES string of the molecule is O=C(O)c1nnc2ncc(C(F)(F)F)cn12. The first-order chi connectivity index (χ1) is 7.39. The summed E-state index contributed by atoms with van der Waals surface area (Å²) in [5, 5.41) is 15.2. The fourth-order valence-electron chi connectivity index (χ4n) is 1.08. The zero-order valence-corrected chi connectivity index (χ0v) is 7.43. The average molecular weight is 232 g/mol. The minimum atomic E-state index is -4.60. The molecule has 0 atom stereocenters. The van der Waals surface area contributed by atoms with Crippen molar-refractivity contribution in [1.29, 1.82) is 0 Å². The van der Waals surface area contributed by atoms with Gasteiger partial charge in [-0.2, -0.15) is 13.2 Å². The van der Waals surface area contributed by atoms with Crippen LogP contribution in [0.15, 0.2) is 12.4 Å². The molecule has 0 unspecified atom stereocenters. The number of fused-ring (bicyclic) bond motifs is 1. The number of nitrogens with zero attached hydrogens (tertiary/aromatic N) is 4. The maximum Gasteiger partial charge on any atom is 0.419 e. The summed E-state index contributed by atoms with van der Waals surface area (Å²) in [5.74, 6) is -2.30. The molecule has 0 amide bonds. The number of aromatic carboxylic acids is 1. The van der Waals surface area contributed by atoms with Crippen molar-refractivity contribution in [3.8, 4) is 0 Å². The van der Waals surface area contributed by atoms with Crippen molar-refractivity contribution in [3.05, 3.63) is 23.8 Å². The maximum atomic E-state index is 12.3. The third kappa shape index (κ3) is 1.55. The topological polar surface area (TPSA) is 80.4 Å². The molecule has 6 nitrogen and oxygen atoms in total. The van der Waals surface area contributed by atoms with Crippen molar-refractivity contribution < 1.29 is 23.1 Å². The predicted octanol–water partition coefficient (Wildman–Crippen LogP) is 0.841. The first kappa shape index (κ1) is 10.3. The molecule has 0 spiro atoms. The van der Waals surface area contributed by atoms with Gasteiger partial charge in [0.15, 0.2) is 0 Å². The number of aromatic nitrogens is 4. The molecule has 0 aromatic carbocycles. The van der Waals surface area contributed by atoms with Crippen LogP contribution < -0.4 is 0 Å². The van der Waals surface area contributed by atoms with Gasteiger partial charge in [-0.1, -0.05) is 0 Å². The number of hydrogen-bond acceptors (Lipinski definition) is 4. The van der Waals surface area contributed by atoms with Crippen molar-refractivity contribution in [3.63, 3.8) is 0 Å². The summed E-state index contributed by atoms with van der Waals surface area (Å²) in [6, 6.07) is 0. The second-order valence-corrected chi connectivity index (χ2v) is 2.84. The second kappa shape index (κ2) is 3.15. The van der Waals surface area contributed by atoms with E-state index in [9.17, 15) is 18.0 Å². The third-order valence-electron chi connectivity index (χ3n) is 1.78. The molecule has 0 aliphatic rings. The van der Waals surface area contributed by atoms with Crippen molar-refractivity contribution in [2.45, 2.75) is 6.18 Å². The van der Waals surface area contributed by atoms with Crippen LogP contribution in [0.3, 0.4) is 0 Å². The van der Waals surface area contributed by atoms with Gasteiger partial charge < -0.3 is 5.11 Å². The first-order valence-corrected chi connectivity index (χ1v) is 3.91. The van der Waals surface area contributed by atoms with Gasteiger partial charge in [0, 0.05) is 12.4 Å². The second-order valence-electron chi connectivity index (χ2n) is 2.84. The largest absolute Gasteiger partial charge is 0.475 e. The Kier molecular flexibility index (Phi) is 2.04. The molecule has 1 N–H and O–H groups in total. The zero-order valence-electron chi connectivity index (χ0n) is 7.43. The van der Waals surface area contributed by atoms with Gasteiger partial charge in [0.05, 0.1) is 5.56 Å². The minimum Gasteiger partial charge on any atom is -0.475 e. The first-order valence-electron chi connectivity index (χ1n) is 3.91. The standard InChI is InChI=1S/C7H3F3N4O2/c8-7(9,10)3-1-11-6-13-12-4(5(15)16)14(6)2-3/h1-2H,(H,15,16). The van der Waals surface area contributed by atoms with E-state index in [1.807, 2.05) is 0 Å². The quantitative estimate of drug-likeness (QED) is 0.787. The summed E-state index contributed by atoms with van der Waals surface area (Å²) < 4.78 is 37.6. The van der Waals surface area contributed by atoms with Crippen LogP contribution in [-0.4, -0.2) is 30.7 Å². The van der Waals surface area contributed by atoms with E-state index in [-0.39, 0.29) is 5.78 Å². The fraction of sp³-hybridized carbons (Fsp3) is 0.143. The van der Waals surface area contributed by atoms with E-state index in [2.05, 4.69) is 15.2 Å². The van der Waals surface area contributed by atoms with Gasteiger partial charge in [0.25, 0.3) is 5.78 Å². The zero-order chi connectivity index (χ0) is 11.9. The van der Waals surface area contributed by atoms with Crippen LogP contribution in [0.25, 0.3) is 5.78 Å². The Labute approximate surface area is 85.4 Å². The number of hydrogen-bond donors (Lipinski definition) is 1. The normalized spacial score (nSPS) is 11.9. The van der Waals surface area contributed by atoms with Crippen LogP contribution in [-0.2, 0) is 6.18 Å².